The number of carbonyl (C=O) groups is 1. The van der Waals surface area contributed by atoms with Crippen molar-refractivity contribution in [1.29, 1.82) is 0 Å². The minimum Gasteiger partial charge on any atom is -0.385 e. The molecule has 0 aromatic carbocycles. The Bertz CT molecular complexity index is 236. The number of nitrogens with one attached hydrogen (secondary N) is 1. The molecule has 5 nitrogen and oxygen atoms in total. The van der Waals surface area contributed by atoms with Crippen molar-refractivity contribution >= 4 is 5.91 Å². The highest BCUT2D eigenvalue weighted by Crippen LogP contribution is 2.13. The standard InChI is InChI=1S/C13H29N3O2/c1-13(15-2,12(14)17)8-5-6-9-16(3)10-7-11-18-4/h15H,5-11H2,1-4H3,(H2,14,17). The lowest BCUT2D eigenvalue weighted by atomic mass is 9.94. The molecule has 3 N–H and O–H groups in total. The Morgan fingerprint density at radius 3 is 2.44 bits per heavy atom. The molecule has 0 heterocycles. The summed E-state index contributed by atoms with van der Waals surface area (Å²) in [6.07, 6.45) is 3.91. The van der Waals surface area contributed by atoms with Crippen LogP contribution >= 0.6 is 0 Å². The third kappa shape index (κ3) is 6.93. The van der Waals surface area contributed by atoms with Gasteiger partial charge in [0.2, 0.25) is 5.91 Å². The number of hydrogen-bond donors (Lipinski definition) is 2. The Labute approximate surface area is 111 Å². The van der Waals surface area contributed by atoms with Gasteiger partial charge in [0, 0.05) is 20.3 Å². The number of methoxy groups -OCH3 is 1. The van der Waals surface area contributed by atoms with Crippen molar-refractivity contribution in [3.63, 3.8) is 0 Å². The first kappa shape index (κ1) is 17.4. The monoisotopic (exact) mass is 259 g/mol. The van der Waals surface area contributed by atoms with Crippen molar-refractivity contribution in [2.24, 2.45) is 5.73 Å². The molecule has 0 rings (SSSR count). The molecular weight excluding hydrogens is 230 g/mol. The molecule has 0 saturated carbocycles. The van der Waals surface area contributed by atoms with Crippen molar-refractivity contribution in [1.82, 2.24) is 10.2 Å². The predicted octanol–water partition coefficient (Wildman–Crippen LogP) is 0.588. The van der Waals surface area contributed by atoms with Crippen LogP contribution in [0.25, 0.3) is 0 Å². The number of nitrogens with zero attached hydrogens (tertiary/aromatic N) is 1. The van der Waals surface area contributed by atoms with Crippen LogP contribution in [0.2, 0.25) is 0 Å². The number of hydrogen-bond acceptors (Lipinski definition) is 4. The summed E-state index contributed by atoms with van der Waals surface area (Å²) in [6, 6.07) is 0. The van der Waals surface area contributed by atoms with Crippen LogP contribution < -0.4 is 11.1 Å². The predicted molar refractivity (Wildman–Crippen MR) is 74.5 cm³/mol. The van der Waals surface area contributed by atoms with E-state index in [1.807, 2.05) is 6.92 Å². The van der Waals surface area contributed by atoms with Gasteiger partial charge >= 0.3 is 0 Å². The van der Waals surface area contributed by atoms with Crippen LogP contribution in [0, 0.1) is 0 Å². The Hall–Kier alpha value is -0.650. The average Bonchev–Trinajstić information content (AvgIpc) is 2.34. The number of amides is 1. The largest absolute Gasteiger partial charge is 0.385 e. The molecule has 0 aromatic rings. The molecule has 0 aliphatic heterocycles. The van der Waals surface area contributed by atoms with Gasteiger partial charge in [-0.05, 0) is 53.2 Å². The van der Waals surface area contributed by atoms with Gasteiger partial charge in [0.1, 0.15) is 0 Å². The lowest BCUT2D eigenvalue weighted by molar-refractivity contribution is -0.123. The fourth-order valence-electron chi connectivity index (χ4n) is 1.82. The minimum absolute atomic E-state index is 0.279. The summed E-state index contributed by atoms with van der Waals surface area (Å²) in [6.45, 7) is 4.76. The summed E-state index contributed by atoms with van der Waals surface area (Å²) in [5.74, 6) is -0.279. The van der Waals surface area contributed by atoms with Crippen LogP contribution in [0.15, 0.2) is 0 Å². The number of ether oxygens (including phenoxy) is 1. The Morgan fingerprint density at radius 2 is 1.94 bits per heavy atom. The van der Waals surface area contributed by atoms with Crippen molar-refractivity contribution in [2.45, 2.75) is 38.1 Å². The fourth-order valence-corrected chi connectivity index (χ4v) is 1.82. The van der Waals surface area contributed by atoms with Gasteiger partial charge in [-0.25, -0.2) is 0 Å². The molecule has 0 radical (unpaired) electrons. The first-order chi connectivity index (χ1) is 8.46. The Morgan fingerprint density at radius 1 is 1.33 bits per heavy atom. The summed E-state index contributed by atoms with van der Waals surface area (Å²) in [5.41, 5.74) is 4.80. The fraction of sp³-hybridized carbons (Fsp3) is 0.923. The molecule has 0 aliphatic carbocycles. The first-order valence-corrected chi connectivity index (χ1v) is 6.62. The van der Waals surface area contributed by atoms with Crippen LogP contribution in [0.4, 0.5) is 0 Å². The SMILES string of the molecule is CNC(C)(CCCCN(C)CCCOC)C(N)=O. The van der Waals surface area contributed by atoms with Crippen LogP contribution in [-0.2, 0) is 9.53 Å². The van der Waals surface area contributed by atoms with Crippen LogP contribution in [0.3, 0.4) is 0 Å². The lowest BCUT2D eigenvalue weighted by Gasteiger charge is -2.25. The zero-order valence-corrected chi connectivity index (χ0v) is 12.3. The van der Waals surface area contributed by atoms with E-state index in [2.05, 4.69) is 17.3 Å². The topological polar surface area (TPSA) is 67.6 Å². The van der Waals surface area contributed by atoms with Gasteiger partial charge in [-0.3, -0.25) is 4.79 Å². The van der Waals surface area contributed by atoms with Crippen molar-refractivity contribution < 1.29 is 9.53 Å². The lowest BCUT2D eigenvalue weighted by Crippen LogP contribution is -2.51. The van der Waals surface area contributed by atoms with Gasteiger partial charge < -0.3 is 20.7 Å². The zero-order valence-electron chi connectivity index (χ0n) is 12.3. The zero-order chi connectivity index (χ0) is 14.0. The van der Waals surface area contributed by atoms with E-state index in [0.29, 0.717) is 0 Å². The van der Waals surface area contributed by atoms with E-state index in [4.69, 9.17) is 10.5 Å². The molecule has 0 bridgehead atoms. The van der Waals surface area contributed by atoms with E-state index >= 15 is 0 Å². The van der Waals surface area contributed by atoms with E-state index < -0.39 is 5.54 Å². The number of unbranched alkanes of at least 4 members (excludes halogenated alkanes) is 1. The summed E-state index contributed by atoms with van der Waals surface area (Å²) in [5, 5.41) is 3.00. The maximum absolute atomic E-state index is 11.3. The summed E-state index contributed by atoms with van der Waals surface area (Å²) >= 11 is 0. The third-order valence-electron chi connectivity index (χ3n) is 3.45. The number of nitrogens with two attached hydrogens (primary N) is 1. The summed E-state index contributed by atoms with van der Waals surface area (Å²) in [4.78, 5) is 13.6. The van der Waals surface area contributed by atoms with Gasteiger partial charge in [0.15, 0.2) is 0 Å². The number of likely N-dealkylation sites (N-methyl/N-ethyl adjacent to an activating group) is 1. The number of primary amides is 1. The summed E-state index contributed by atoms with van der Waals surface area (Å²) in [7, 11) is 5.62. The highest BCUT2D eigenvalue weighted by molar-refractivity contribution is 5.84. The quantitative estimate of drug-likeness (QED) is 0.533. The van der Waals surface area contributed by atoms with E-state index in [-0.39, 0.29) is 5.91 Å². The Kier molecular flexibility index (Phi) is 8.97. The molecule has 1 amide bonds. The highest BCUT2D eigenvalue weighted by atomic mass is 16.5. The van der Waals surface area contributed by atoms with Gasteiger partial charge in [-0.2, -0.15) is 0 Å². The van der Waals surface area contributed by atoms with Gasteiger partial charge in [-0.1, -0.05) is 0 Å². The maximum atomic E-state index is 11.3. The minimum atomic E-state index is -0.575. The summed E-state index contributed by atoms with van der Waals surface area (Å²) < 4.78 is 5.02. The molecule has 0 fully saturated rings. The molecular formula is C13H29N3O2. The third-order valence-corrected chi connectivity index (χ3v) is 3.45. The van der Waals surface area contributed by atoms with E-state index in [1.54, 1.807) is 14.2 Å². The molecule has 0 aliphatic rings. The first-order valence-electron chi connectivity index (χ1n) is 6.62. The van der Waals surface area contributed by atoms with Crippen LogP contribution in [0.5, 0.6) is 0 Å². The van der Waals surface area contributed by atoms with Crippen molar-refractivity contribution in [2.75, 3.05) is 40.9 Å². The second-order valence-corrected chi connectivity index (χ2v) is 5.05. The molecule has 0 aromatic heterocycles. The van der Waals surface area contributed by atoms with Crippen molar-refractivity contribution in [3.05, 3.63) is 0 Å². The van der Waals surface area contributed by atoms with Gasteiger partial charge in [0.05, 0.1) is 5.54 Å². The molecule has 5 heteroatoms. The number of rotatable bonds is 11. The maximum Gasteiger partial charge on any atom is 0.237 e. The smallest absolute Gasteiger partial charge is 0.237 e. The van der Waals surface area contributed by atoms with Crippen LogP contribution in [0.1, 0.15) is 32.6 Å². The molecule has 18 heavy (non-hydrogen) atoms. The Balaban J connectivity index is 3.69. The normalized spacial score (nSPS) is 14.7. The molecule has 0 saturated heterocycles. The second kappa shape index (κ2) is 9.30. The van der Waals surface area contributed by atoms with E-state index in [9.17, 15) is 4.79 Å². The van der Waals surface area contributed by atoms with Gasteiger partial charge in [0.25, 0.3) is 0 Å². The molecule has 0 spiro atoms. The van der Waals surface area contributed by atoms with Crippen LogP contribution in [-0.4, -0.2) is 57.2 Å². The van der Waals surface area contributed by atoms with Crippen molar-refractivity contribution in [3.8, 4) is 0 Å². The highest BCUT2D eigenvalue weighted by Gasteiger charge is 2.27. The molecule has 1 unspecified atom stereocenters. The molecule has 1 atom stereocenters. The molecule has 108 valence electrons. The average molecular weight is 259 g/mol. The number of carbonyl (C=O) groups excluding carboxylic acids is 1. The van der Waals surface area contributed by atoms with E-state index in [0.717, 1.165) is 45.4 Å². The van der Waals surface area contributed by atoms with E-state index in [1.165, 1.54) is 0 Å². The van der Waals surface area contributed by atoms with Gasteiger partial charge in [-0.15, -0.1) is 0 Å². The second-order valence-electron chi connectivity index (χ2n) is 5.05.